The molecule has 0 atom stereocenters. The molecule has 132 valence electrons. The first kappa shape index (κ1) is 16.4. The summed E-state index contributed by atoms with van der Waals surface area (Å²) >= 11 is 1.65. The van der Waals surface area contributed by atoms with Crippen LogP contribution in [-0.4, -0.2) is 36.3 Å². The summed E-state index contributed by atoms with van der Waals surface area (Å²) in [7, 11) is 0. The van der Waals surface area contributed by atoms with E-state index >= 15 is 0 Å². The molecule has 5 nitrogen and oxygen atoms in total. The zero-order valence-corrected chi connectivity index (χ0v) is 14.9. The second-order valence-electron chi connectivity index (χ2n) is 7.08. The lowest BCUT2D eigenvalue weighted by Gasteiger charge is -2.38. The molecule has 4 rings (SSSR count). The smallest absolute Gasteiger partial charge is 0.223 e. The van der Waals surface area contributed by atoms with Crippen molar-refractivity contribution in [3.63, 3.8) is 0 Å². The Morgan fingerprint density at radius 3 is 2.80 bits per heavy atom. The average molecular weight is 358 g/mol. The highest BCUT2D eigenvalue weighted by atomic mass is 32.1. The zero-order valence-electron chi connectivity index (χ0n) is 14.1. The number of aryl methyl sites for hydroxylation is 1. The molecular weight excluding hydrogens is 336 g/mol. The van der Waals surface area contributed by atoms with Crippen LogP contribution >= 0.6 is 11.3 Å². The fraction of sp³-hybridized carbons (Fsp3) is 0.474. The topological polar surface area (TPSA) is 62.6 Å². The normalized spacial score (nSPS) is 19.4. The summed E-state index contributed by atoms with van der Waals surface area (Å²) in [5, 5.41) is 4.96. The van der Waals surface area contributed by atoms with Gasteiger partial charge in [-0.3, -0.25) is 9.59 Å². The number of carbonyl (C=O) groups excluding carboxylic acids is 2. The number of likely N-dealkylation sites (tertiary alicyclic amines) is 1. The van der Waals surface area contributed by atoms with Gasteiger partial charge in [0.2, 0.25) is 11.8 Å². The van der Waals surface area contributed by atoms with Gasteiger partial charge in [-0.2, -0.15) is 0 Å². The predicted molar refractivity (Wildman–Crippen MR) is 96.2 cm³/mol. The predicted octanol–water partition coefficient (Wildman–Crippen LogP) is 3.07. The van der Waals surface area contributed by atoms with Crippen molar-refractivity contribution in [1.82, 2.24) is 10.2 Å². The van der Waals surface area contributed by atoms with Gasteiger partial charge < -0.3 is 14.6 Å². The molecule has 2 amide bonds. The van der Waals surface area contributed by atoms with Gasteiger partial charge in [0.15, 0.2) is 0 Å². The van der Waals surface area contributed by atoms with Gasteiger partial charge in [0, 0.05) is 38.9 Å². The van der Waals surface area contributed by atoms with Crippen LogP contribution in [0.25, 0.3) is 10.6 Å². The summed E-state index contributed by atoms with van der Waals surface area (Å²) in [5.74, 6) is 2.06. The van der Waals surface area contributed by atoms with E-state index in [1.54, 1.807) is 11.3 Å². The molecule has 2 saturated heterocycles. The van der Waals surface area contributed by atoms with Crippen LogP contribution < -0.4 is 5.32 Å². The fourth-order valence-corrected chi connectivity index (χ4v) is 4.47. The lowest BCUT2D eigenvalue weighted by molar-refractivity contribution is -0.133. The number of thiophene rings is 1. The van der Waals surface area contributed by atoms with Crippen LogP contribution in [0.2, 0.25) is 0 Å². The van der Waals surface area contributed by atoms with Crippen molar-refractivity contribution >= 4 is 23.2 Å². The Labute approximate surface area is 151 Å². The van der Waals surface area contributed by atoms with Gasteiger partial charge in [-0.15, -0.1) is 11.3 Å². The molecule has 4 heterocycles. The van der Waals surface area contributed by atoms with E-state index in [0.717, 1.165) is 48.9 Å². The molecule has 2 fully saturated rings. The first-order valence-corrected chi connectivity index (χ1v) is 9.69. The van der Waals surface area contributed by atoms with Gasteiger partial charge in [0.1, 0.15) is 11.5 Å². The maximum absolute atomic E-state index is 12.5. The van der Waals surface area contributed by atoms with E-state index in [1.165, 1.54) is 0 Å². The summed E-state index contributed by atoms with van der Waals surface area (Å²) in [5.41, 5.74) is 0.0878. The van der Waals surface area contributed by atoms with Crippen molar-refractivity contribution in [1.29, 1.82) is 0 Å². The third kappa shape index (κ3) is 3.49. The standard InChI is InChI=1S/C19H22N2O3S/c22-17-12-19(13-20-17)7-9-21(10-8-19)18(23)6-4-14-3-5-15(24-14)16-2-1-11-25-16/h1-3,5,11H,4,6-10,12-13H2,(H,20,22). The molecule has 0 bridgehead atoms. The highest BCUT2D eigenvalue weighted by Gasteiger charge is 2.41. The first-order valence-electron chi connectivity index (χ1n) is 8.81. The minimum atomic E-state index is 0.0878. The van der Waals surface area contributed by atoms with Crippen LogP contribution in [0.1, 0.15) is 31.4 Å². The van der Waals surface area contributed by atoms with E-state index < -0.39 is 0 Å². The number of hydrogen-bond acceptors (Lipinski definition) is 4. The Balaban J connectivity index is 1.28. The molecule has 0 aliphatic carbocycles. The monoisotopic (exact) mass is 358 g/mol. The number of hydrogen-bond donors (Lipinski definition) is 1. The number of rotatable bonds is 4. The van der Waals surface area contributed by atoms with Gasteiger partial charge in [0.25, 0.3) is 0 Å². The zero-order chi connectivity index (χ0) is 17.3. The Morgan fingerprint density at radius 1 is 1.28 bits per heavy atom. The van der Waals surface area contributed by atoms with Crippen molar-refractivity contribution in [2.45, 2.75) is 32.1 Å². The van der Waals surface area contributed by atoms with Gasteiger partial charge in [-0.05, 0) is 41.8 Å². The summed E-state index contributed by atoms with van der Waals surface area (Å²) in [6, 6.07) is 7.97. The van der Waals surface area contributed by atoms with Gasteiger partial charge in [0.05, 0.1) is 4.88 Å². The second kappa shape index (κ2) is 6.67. The number of piperidine rings is 1. The molecule has 6 heteroatoms. The average Bonchev–Trinajstić information content (AvgIpc) is 3.34. The first-order chi connectivity index (χ1) is 12.1. The fourth-order valence-electron chi connectivity index (χ4n) is 3.79. The van der Waals surface area contributed by atoms with E-state index in [-0.39, 0.29) is 17.2 Å². The number of amides is 2. The van der Waals surface area contributed by atoms with Crippen molar-refractivity contribution in [2.24, 2.45) is 5.41 Å². The van der Waals surface area contributed by atoms with Crippen molar-refractivity contribution in [3.8, 4) is 10.6 Å². The van der Waals surface area contributed by atoms with E-state index in [9.17, 15) is 9.59 Å². The lowest BCUT2D eigenvalue weighted by Crippen LogP contribution is -2.44. The van der Waals surface area contributed by atoms with Gasteiger partial charge >= 0.3 is 0 Å². The third-order valence-corrected chi connectivity index (χ3v) is 6.27. The summed E-state index contributed by atoms with van der Waals surface area (Å²) < 4.78 is 5.85. The molecule has 2 aliphatic rings. The maximum Gasteiger partial charge on any atom is 0.223 e. The lowest BCUT2D eigenvalue weighted by atomic mass is 9.77. The minimum Gasteiger partial charge on any atom is -0.460 e. The molecular formula is C19H22N2O3S. The molecule has 2 aliphatic heterocycles. The molecule has 0 unspecified atom stereocenters. The summed E-state index contributed by atoms with van der Waals surface area (Å²) in [4.78, 5) is 27.0. The number of carbonyl (C=O) groups is 2. The molecule has 1 N–H and O–H groups in total. The van der Waals surface area contributed by atoms with Crippen molar-refractivity contribution in [3.05, 3.63) is 35.4 Å². The minimum absolute atomic E-state index is 0.0878. The van der Waals surface area contributed by atoms with Crippen molar-refractivity contribution in [2.75, 3.05) is 19.6 Å². The SMILES string of the molecule is O=C1CC2(CCN(C(=O)CCc3ccc(-c4cccs4)o3)CC2)CN1. The molecule has 25 heavy (non-hydrogen) atoms. The van der Waals surface area contributed by atoms with Crippen LogP contribution in [0.15, 0.2) is 34.1 Å². The number of furan rings is 1. The summed E-state index contributed by atoms with van der Waals surface area (Å²) in [6.45, 7) is 2.28. The van der Waals surface area contributed by atoms with Crippen LogP contribution in [0.4, 0.5) is 0 Å². The van der Waals surface area contributed by atoms with Crippen LogP contribution in [0.3, 0.4) is 0 Å². The Bertz CT molecular complexity index is 757. The van der Waals surface area contributed by atoms with E-state index in [1.807, 2.05) is 34.5 Å². The highest BCUT2D eigenvalue weighted by Crippen LogP contribution is 2.37. The molecule has 0 aromatic carbocycles. The third-order valence-electron chi connectivity index (χ3n) is 5.38. The molecule has 0 radical (unpaired) electrons. The number of nitrogens with one attached hydrogen (secondary N) is 1. The van der Waals surface area contributed by atoms with E-state index in [4.69, 9.17) is 4.42 Å². The van der Waals surface area contributed by atoms with Crippen LogP contribution in [0.5, 0.6) is 0 Å². The highest BCUT2D eigenvalue weighted by molar-refractivity contribution is 7.13. The molecule has 2 aromatic heterocycles. The molecule has 0 saturated carbocycles. The van der Waals surface area contributed by atoms with Crippen LogP contribution in [0, 0.1) is 5.41 Å². The molecule has 1 spiro atoms. The van der Waals surface area contributed by atoms with Crippen molar-refractivity contribution < 1.29 is 14.0 Å². The van der Waals surface area contributed by atoms with Gasteiger partial charge in [-0.1, -0.05) is 6.07 Å². The maximum atomic E-state index is 12.5. The van der Waals surface area contributed by atoms with Gasteiger partial charge in [-0.25, -0.2) is 0 Å². The largest absolute Gasteiger partial charge is 0.460 e. The molecule has 2 aromatic rings. The second-order valence-corrected chi connectivity index (χ2v) is 8.03. The Kier molecular flexibility index (Phi) is 4.37. The van der Waals surface area contributed by atoms with E-state index in [2.05, 4.69) is 5.32 Å². The Morgan fingerprint density at radius 2 is 2.12 bits per heavy atom. The Hall–Kier alpha value is -2.08. The number of nitrogens with zero attached hydrogens (tertiary/aromatic N) is 1. The summed E-state index contributed by atoms with van der Waals surface area (Å²) in [6.07, 6.45) is 3.56. The van der Waals surface area contributed by atoms with Crippen LogP contribution in [-0.2, 0) is 16.0 Å². The quantitative estimate of drug-likeness (QED) is 0.914. The van der Waals surface area contributed by atoms with E-state index in [0.29, 0.717) is 19.3 Å².